The molecule has 2 aromatic carbocycles. The number of primary amides is 1. The van der Waals surface area contributed by atoms with Crippen LogP contribution in [0.4, 0.5) is 0 Å². The van der Waals surface area contributed by atoms with Crippen LogP contribution < -0.4 is 5.73 Å². The zero-order valence-corrected chi connectivity index (χ0v) is 15.4. The molecule has 0 saturated carbocycles. The van der Waals surface area contributed by atoms with E-state index in [4.69, 9.17) is 10.5 Å². The van der Waals surface area contributed by atoms with Crippen molar-refractivity contribution >= 4 is 35.0 Å². The van der Waals surface area contributed by atoms with E-state index in [0.717, 1.165) is 16.2 Å². The summed E-state index contributed by atoms with van der Waals surface area (Å²) in [5.41, 5.74) is 9.72. The largest absolute Gasteiger partial charge is 0.457 e. The monoisotopic (exact) mass is 384 g/mol. The average Bonchev–Trinajstić information content (AvgIpc) is 3.18. The van der Waals surface area contributed by atoms with Gasteiger partial charge in [0.2, 0.25) is 5.91 Å². The Hall–Kier alpha value is -2.64. The van der Waals surface area contributed by atoms with Crippen LogP contribution in [0.15, 0.2) is 64.3 Å². The summed E-state index contributed by atoms with van der Waals surface area (Å²) in [7, 11) is 0. The number of esters is 1. The van der Waals surface area contributed by atoms with Crippen molar-refractivity contribution in [3.05, 3.63) is 81.8 Å². The number of amides is 1. The molecule has 0 saturated heterocycles. The number of thiazole rings is 1. The van der Waals surface area contributed by atoms with Gasteiger partial charge in [0.1, 0.15) is 6.61 Å². The standard InChI is InChI=1S/C19H16N2O3S2/c20-18(22)14-7-5-13(6-8-14)9-24-19(23)16-3-1-2-4-17(16)26-11-15-10-25-12-21-15/h1-8,10,12H,9,11H2,(H2,20,22). The van der Waals surface area contributed by atoms with Crippen molar-refractivity contribution in [1.82, 2.24) is 4.98 Å². The van der Waals surface area contributed by atoms with Crippen LogP contribution >= 0.6 is 23.1 Å². The molecule has 0 bridgehead atoms. The van der Waals surface area contributed by atoms with Crippen LogP contribution in [0.3, 0.4) is 0 Å². The lowest BCUT2D eigenvalue weighted by Crippen LogP contribution is -2.11. The van der Waals surface area contributed by atoms with Crippen molar-refractivity contribution in [3.63, 3.8) is 0 Å². The summed E-state index contributed by atoms with van der Waals surface area (Å²) in [6.45, 7) is 0.128. The summed E-state index contributed by atoms with van der Waals surface area (Å²) in [5, 5.41) is 1.99. The van der Waals surface area contributed by atoms with Gasteiger partial charge in [0.05, 0.1) is 16.8 Å². The number of ether oxygens (including phenoxy) is 1. The molecular formula is C19H16N2O3S2. The maximum atomic E-state index is 12.5. The lowest BCUT2D eigenvalue weighted by Gasteiger charge is -2.09. The number of rotatable bonds is 7. The van der Waals surface area contributed by atoms with Gasteiger partial charge in [0.25, 0.3) is 0 Å². The van der Waals surface area contributed by atoms with Crippen molar-refractivity contribution in [2.45, 2.75) is 17.3 Å². The van der Waals surface area contributed by atoms with Gasteiger partial charge in [-0.1, -0.05) is 24.3 Å². The molecule has 0 spiro atoms. The van der Waals surface area contributed by atoms with Crippen LogP contribution in [-0.4, -0.2) is 16.9 Å². The lowest BCUT2D eigenvalue weighted by atomic mass is 10.1. The van der Waals surface area contributed by atoms with E-state index in [1.807, 2.05) is 23.6 Å². The number of hydrogen-bond donors (Lipinski definition) is 1. The summed E-state index contributed by atoms with van der Waals surface area (Å²) in [4.78, 5) is 28.6. The van der Waals surface area contributed by atoms with Crippen molar-refractivity contribution in [1.29, 1.82) is 0 Å². The summed E-state index contributed by atoms with van der Waals surface area (Å²) < 4.78 is 5.41. The maximum absolute atomic E-state index is 12.5. The summed E-state index contributed by atoms with van der Waals surface area (Å²) in [6, 6.07) is 14.0. The highest BCUT2D eigenvalue weighted by Crippen LogP contribution is 2.27. The SMILES string of the molecule is NC(=O)c1ccc(COC(=O)c2ccccc2SCc2cscn2)cc1. The Labute approximate surface area is 159 Å². The molecule has 26 heavy (non-hydrogen) atoms. The predicted octanol–water partition coefficient (Wildman–Crippen LogP) is 3.89. The number of hydrogen-bond acceptors (Lipinski definition) is 6. The van der Waals surface area contributed by atoms with Gasteiger partial charge in [0.15, 0.2) is 0 Å². The molecule has 1 aromatic heterocycles. The van der Waals surface area contributed by atoms with Gasteiger partial charge in [-0.15, -0.1) is 23.1 Å². The van der Waals surface area contributed by atoms with Gasteiger partial charge in [-0.3, -0.25) is 4.79 Å². The fraction of sp³-hybridized carbons (Fsp3) is 0.105. The summed E-state index contributed by atoms with van der Waals surface area (Å²) >= 11 is 3.10. The zero-order chi connectivity index (χ0) is 18.4. The third kappa shape index (κ3) is 4.71. The number of carbonyl (C=O) groups excluding carboxylic acids is 2. The van der Waals surface area contributed by atoms with Crippen molar-refractivity contribution < 1.29 is 14.3 Å². The van der Waals surface area contributed by atoms with E-state index >= 15 is 0 Å². The second kappa shape index (κ2) is 8.64. The average molecular weight is 384 g/mol. The molecule has 0 aliphatic carbocycles. The highest BCUT2D eigenvalue weighted by atomic mass is 32.2. The lowest BCUT2D eigenvalue weighted by molar-refractivity contribution is 0.0468. The van der Waals surface area contributed by atoms with Gasteiger partial charge in [-0.25, -0.2) is 9.78 Å². The highest BCUT2D eigenvalue weighted by molar-refractivity contribution is 7.98. The van der Waals surface area contributed by atoms with Gasteiger partial charge < -0.3 is 10.5 Å². The van der Waals surface area contributed by atoms with Crippen LogP contribution in [0.1, 0.15) is 32.0 Å². The maximum Gasteiger partial charge on any atom is 0.339 e. The Morgan fingerprint density at radius 2 is 1.88 bits per heavy atom. The first-order chi connectivity index (χ1) is 12.6. The molecule has 0 atom stereocenters. The van der Waals surface area contributed by atoms with Crippen LogP contribution in [0, 0.1) is 0 Å². The minimum atomic E-state index is -0.486. The Bertz CT molecular complexity index is 893. The van der Waals surface area contributed by atoms with Gasteiger partial charge in [-0.05, 0) is 29.8 Å². The molecule has 3 rings (SSSR count). The minimum Gasteiger partial charge on any atom is -0.457 e. The zero-order valence-electron chi connectivity index (χ0n) is 13.8. The number of nitrogens with zero attached hydrogens (tertiary/aromatic N) is 1. The van der Waals surface area contributed by atoms with E-state index in [1.54, 1.807) is 58.9 Å². The highest BCUT2D eigenvalue weighted by Gasteiger charge is 2.13. The van der Waals surface area contributed by atoms with Crippen LogP contribution in [0.2, 0.25) is 0 Å². The Morgan fingerprint density at radius 3 is 2.58 bits per heavy atom. The van der Waals surface area contributed by atoms with Gasteiger partial charge in [0, 0.05) is 21.6 Å². The van der Waals surface area contributed by atoms with Crippen molar-refractivity contribution in [2.75, 3.05) is 0 Å². The smallest absolute Gasteiger partial charge is 0.339 e. The molecule has 0 aliphatic heterocycles. The first-order valence-corrected chi connectivity index (χ1v) is 9.71. The quantitative estimate of drug-likeness (QED) is 0.494. The summed E-state index contributed by atoms with van der Waals surface area (Å²) in [5.74, 6) is -0.174. The molecule has 0 radical (unpaired) electrons. The molecule has 3 aromatic rings. The second-order valence-electron chi connectivity index (χ2n) is 5.40. The van der Waals surface area contributed by atoms with E-state index in [-0.39, 0.29) is 12.6 Å². The molecule has 7 heteroatoms. The van der Waals surface area contributed by atoms with E-state index < -0.39 is 5.91 Å². The third-order valence-corrected chi connectivity index (χ3v) is 5.32. The molecule has 132 valence electrons. The number of carbonyl (C=O) groups is 2. The third-order valence-electron chi connectivity index (χ3n) is 3.57. The normalized spacial score (nSPS) is 10.5. The van der Waals surface area contributed by atoms with Gasteiger partial charge >= 0.3 is 5.97 Å². The number of nitrogens with two attached hydrogens (primary N) is 1. The van der Waals surface area contributed by atoms with Crippen LogP contribution in [0.25, 0.3) is 0 Å². The fourth-order valence-electron chi connectivity index (χ4n) is 2.21. The molecule has 1 amide bonds. The van der Waals surface area contributed by atoms with Gasteiger partial charge in [-0.2, -0.15) is 0 Å². The Kier molecular flexibility index (Phi) is 6.04. The first kappa shape index (κ1) is 18.2. The van der Waals surface area contributed by atoms with Crippen LogP contribution in [0.5, 0.6) is 0 Å². The molecule has 0 unspecified atom stereocenters. The molecular weight excluding hydrogens is 368 g/mol. The second-order valence-corrected chi connectivity index (χ2v) is 7.14. The number of aromatic nitrogens is 1. The molecule has 5 nitrogen and oxygen atoms in total. The number of thioether (sulfide) groups is 1. The topological polar surface area (TPSA) is 82.3 Å². The van der Waals surface area contributed by atoms with E-state index in [9.17, 15) is 9.59 Å². The molecule has 2 N–H and O–H groups in total. The predicted molar refractivity (Wildman–Crippen MR) is 102 cm³/mol. The van der Waals surface area contributed by atoms with Crippen LogP contribution in [-0.2, 0) is 17.1 Å². The van der Waals surface area contributed by atoms with E-state index in [2.05, 4.69) is 4.98 Å². The van der Waals surface area contributed by atoms with Crippen molar-refractivity contribution in [3.8, 4) is 0 Å². The molecule has 0 aliphatic rings. The molecule has 0 fully saturated rings. The molecule has 1 heterocycles. The Morgan fingerprint density at radius 1 is 1.12 bits per heavy atom. The Balaban J connectivity index is 1.63. The van der Waals surface area contributed by atoms with E-state index in [0.29, 0.717) is 16.9 Å². The minimum absolute atomic E-state index is 0.128. The number of benzene rings is 2. The first-order valence-electron chi connectivity index (χ1n) is 7.78. The van der Waals surface area contributed by atoms with E-state index in [1.165, 1.54) is 0 Å². The summed E-state index contributed by atoms with van der Waals surface area (Å²) in [6.07, 6.45) is 0. The fourth-order valence-corrected chi connectivity index (χ4v) is 3.82. The van der Waals surface area contributed by atoms with Crippen molar-refractivity contribution in [2.24, 2.45) is 5.73 Å².